The van der Waals surface area contributed by atoms with Crippen LogP contribution in [-0.4, -0.2) is 45.9 Å². The first kappa shape index (κ1) is 16.2. The van der Waals surface area contributed by atoms with Crippen LogP contribution in [0, 0.1) is 0 Å². The molecule has 0 bridgehead atoms. The third kappa shape index (κ3) is 3.19. The molecular formula is C12H21ClN4OS. The highest BCUT2D eigenvalue weighted by Crippen LogP contribution is 2.26. The molecule has 7 heteroatoms. The zero-order valence-electron chi connectivity index (χ0n) is 11.5. The number of nitrogens with two attached hydrogens (primary N) is 1. The van der Waals surface area contributed by atoms with Crippen molar-refractivity contribution in [1.82, 2.24) is 14.8 Å². The van der Waals surface area contributed by atoms with Crippen LogP contribution >= 0.6 is 23.7 Å². The molecule has 1 aromatic heterocycles. The lowest BCUT2D eigenvalue weighted by Crippen LogP contribution is -2.62. The number of carbonyl (C=O) groups excluding carboxylic acids is 1. The van der Waals surface area contributed by atoms with E-state index in [1.807, 2.05) is 25.7 Å². The topological polar surface area (TPSA) is 62.5 Å². The van der Waals surface area contributed by atoms with E-state index in [9.17, 15) is 4.79 Å². The second-order valence-corrected chi connectivity index (χ2v) is 6.18. The molecule has 0 saturated carbocycles. The van der Waals surface area contributed by atoms with E-state index < -0.39 is 5.54 Å². The summed E-state index contributed by atoms with van der Waals surface area (Å²) < 4.78 is 0. The fourth-order valence-electron chi connectivity index (χ4n) is 2.31. The summed E-state index contributed by atoms with van der Waals surface area (Å²) >= 11 is 1.49. The van der Waals surface area contributed by atoms with E-state index in [0.717, 1.165) is 31.1 Å². The maximum absolute atomic E-state index is 12.3. The molecule has 0 radical (unpaired) electrons. The Balaban J connectivity index is 0.00000180. The van der Waals surface area contributed by atoms with E-state index in [0.29, 0.717) is 5.13 Å². The number of rotatable bonds is 3. The van der Waals surface area contributed by atoms with Gasteiger partial charge in [-0.1, -0.05) is 0 Å². The Morgan fingerprint density at radius 2 is 2.16 bits per heavy atom. The SMILES string of the molecule is CCN1CCN(Cc2cnc(N)s2)C(C)(C)C1=O.Cl. The van der Waals surface area contributed by atoms with Gasteiger partial charge in [-0.2, -0.15) is 0 Å². The number of hydrogen-bond acceptors (Lipinski definition) is 5. The molecule has 0 atom stereocenters. The lowest BCUT2D eigenvalue weighted by Gasteiger charge is -2.45. The predicted molar refractivity (Wildman–Crippen MR) is 80.5 cm³/mol. The highest BCUT2D eigenvalue weighted by atomic mass is 35.5. The number of thiazole rings is 1. The molecule has 1 aliphatic heterocycles. The molecule has 108 valence electrons. The molecular weight excluding hydrogens is 284 g/mol. The molecule has 1 fully saturated rings. The second kappa shape index (κ2) is 6.07. The smallest absolute Gasteiger partial charge is 0.242 e. The van der Waals surface area contributed by atoms with Gasteiger partial charge in [0.15, 0.2) is 5.13 Å². The third-order valence-corrected chi connectivity index (χ3v) is 4.35. The molecule has 2 N–H and O–H groups in total. The van der Waals surface area contributed by atoms with E-state index in [1.54, 1.807) is 6.20 Å². The maximum Gasteiger partial charge on any atom is 0.242 e. The molecule has 1 amide bonds. The molecule has 19 heavy (non-hydrogen) atoms. The maximum atomic E-state index is 12.3. The Morgan fingerprint density at radius 1 is 1.47 bits per heavy atom. The van der Waals surface area contributed by atoms with Crippen LogP contribution in [0.3, 0.4) is 0 Å². The molecule has 0 unspecified atom stereocenters. The number of carbonyl (C=O) groups is 1. The number of nitrogen functional groups attached to an aromatic ring is 1. The molecule has 0 spiro atoms. The predicted octanol–water partition coefficient (Wildman–Crippen LogP) is 1.59. The van der Waals surface area contributed by atoms with Gasteiger partial charge in [0.2, 0.25) is 5.91 Å². The first-order chi connectivity index (χ1) is 8.45. The number of piperazine rings is 1. The summed E-state index contributed by atoms with van der Waals surface area (Å²) in [4.78, 5) is 21.6. The summed E-state index contributed by atoms with van der Waals surface area (Å²) in [5, 5.41) is 0.585. The van der Waals surface area contributed by atoms with Gasteiger partial charge < -0.3 is 10.6 Å². The van der Waals surface area contributed by atoms with Crippen molar-refractivity contribution >= 4 is 34.8 Å². The van der Waals surface area contributed by atoms with Gasteiger partial charge in [-0.15, -0.1) is 23.7 Å². The minimum Gasteiger partial charge on any atom is -0.375 e. The summed E-state index contributed by atoms with van der Waals surface area (Å²) in [5.41, 5.74) is 5.18. The first-order valence-corrected chi connectivity index (χ1v) is 7.01. The van der Waals surface area contributed by atoms with Crippen molar-refractivity contribution in [2.24, 2.45) is 0 Å². The summed E-state index contributed by atoms with van der Waals surface area (Å²) in [6.45, 7) is 9.21. The number of halogens is 1. The molecule has 1 aliphatic rings. The summed E-state index contributed by atoms with van der Waals surface area (Å²) in [5.74, 6) is 0.203. The van der Waals surface area contributed by atoms with Crippen molar-refractivity contribution in [1.29, 1.82) is 0 Å². The van der Waals surface area contributed by atoms with Crippen LogP contribution in [0.5, 0.6) is 0 Å². The molecule has 1 saturated heterocycles. The van der Waals surface area contributed by atoms with Gasteiger partial charge in [-0.3, -0.25) is 9.69 Å². The average molecular weight is 305 g/mol. The highest BCUT2D eigenvalue weighted by Gasteiger charge is 2.41. The quantitative estimate of drug-likeness (QED) is 0.921. The third-order valence-electron chi connectivity index (χ3n) is 3.54. The van der Waals surface area contributed by atoms with Crippen molar-refractivity contribution in [2.45, 2.75) is 32.9 Å². The van der Waals surface area contributed by atoms with Crippen molar-refractivity contribution in [2.75, 3.05) is 25.4 Å². The van der Waals surface area contributed by atoms with Gasteiger partial charge in [0.05, 0.1) is 5.54 Å². The minimum absolute atomic E-state index is 0. The van der Waals surface area contributed by atoms with E-state index in [-0.39, 0.29) is 18.3 Å². The van der Waals surface area contributed by atoms with Crippen LogP contribution in [0.15, 0.2) is 6.20 Å². The van der Waals surface area contributed by atoms with Gasteiger partial charge in [0.25, 0.3) is 0 Å². The number of amides is 1. The fourth-order valence-corrected chi connectivity index (χ4v) is 3.01. The number of nitrogens with zero attached hydrogens (tertiary/aromatic N) is 3. The number of likely N-dealkylation sites (N-methyl/N-ethyl adjacent to an activating group) is 1. The average Bonchev–Trinajstić information content (AvgIpc) is 2.72. The molecule has 2 heterocycles. The van der Waals surface area contributed by atoms with Crippen LogP contribution in [0.1, 0.15) is 25.6 Å². The Labute approximate surface area is 124 Å². The van der Waals surface area contributed by atoms with Crippen LogP contribution in [0.4, 0.5) is 5.13 Å². The first-order valence-electron chi connectivity index (χ1n) is 6.19. The normalized spacial score (nSPS) is 19.3. The Hall–Kier alpha value is -0.850. The van der Waals surface area contributed by atoms with Gasteiger partial charge in [0, 0.05) is 37.3 Å². The van der Waals surface area contributed by atoms with E-state index >= 15 is 0 Å². The number of aromatic nitrogens is 1. The summed E-state index contributed by atoms with van der Waals surface area (Å²) in [6, 6.07) is 0. The van der Waals surface area contributed by atoms with E-state index in [1.165, 1.54) is 11.3 Å². The fraction of sp³-hybridized carbons (Fsp3) is 0.667. The monoisotopic (exact) mass is 304 g/mol. The Bertz CT molecular complexity index is 449. The Morgan fingerprint density at radius 3 is 2.68 bits per heavy atom. The zero-order chi connectivity index (χ0) is 13.3. The number of anilines is 1. The van der Waals surface area contributed by atoms with Crippen molar-refractivity contribution in [3.8, 4) is 0 Å². The van der Waals surface area contributed by atoms with E-state index in [4.69, 9.17) is 5.73 Å². The van der Waals surface area contributed by atoms with E-state index in [2.05, 4.69) is 9.88 Å². The van der Waals surface area contributed by atoms with Crippen molar-refractivity contribution in [3.63, 3.8) is 0 Å². The summed E-state index contributed by atoms with van der Waals surface area (Å²) in [6.07, 6.45) is 1.80. The van der Waals surface area contributed by atoms with Gasteiger partial charge >= 0.3 is 0 Å². The Kier molecular flexibility index (Phi) is 5.18. The largest absolute Gasteiger partial charge is 0.375 e. The molecule has 5 nitrogen and oxygen atoms in total. The molecule has 2 rings (SSSR count). The van der Waals surface area contributed by atoms with Gasteiger partial charge in [-0.25, -0.2) is 4.98 Å². The zero-order valence-corrected chi connectivity index (χ0v) is 13.2. The molecule has 1 aromatic rings. The van der Waals surface area contributed by atoms with Gasteiger partial charge in [-0.05, 0) is 20.8 Å². The van der Waals surface area contributed by atoms with Crippen LogP contribution < -0.4 is 5.73 Å². The number of hydrogen-bond donors (Lipinski definition) is 1. The molecule has 0 aromatic carbocycles. The molecule has 0 aliphatic carbocycles. The lowest BCUT2D eigenvalue weighted by atomic mass is 9.97. The van der Waals surface area contributed by atoms with Crippen molar-refractivity contribution in [3.05, 3.63) is 11.1 Å². The highest BCUT2D eigenvalue weighted by molar-refractivity contribution is 7.15. The standard InChI is InChI=1S/C12H20N4OS.ClH/c1-4-15-5-6-16(12(2,3)10(15)17)8-9-7-14-11(13)18-9;/h7H,4-6,8H2,1-3H3,(H2,13,14);1H. The second-order valence-electron chi connectivity index (χ2n) is 5.03. The minimum atomic E-state index is -0.451. The van der Waals surface area contributed by atoms with Crippen LogP contribution in [0.25, 0.3) is 0 Å². The van der Waals surface area contributed by atoms with Crippen LogP contribution in [0.2, 0.25) is 0 Å². The summed E-state index contributed by atoms with van der Waals surface area (Å²) in [7, 11) is 0. The lowest BCUT2D eigenvalue weighted by molar-refractivity contribution is -0.149. The van der Waals surface area contributed by atoms with Crippen LogP contribution in [-0.2, 0) is 11.3 Å². The van der Waals surface area contributed by atoms with Crippen molar-refractivity contribution < 1.29 is 4.79 Å². The van der Waals surface area contributed by atoms with Gasteiger partial charge in [0.1, 0.15) is 0 Å².